The average molecular weight is 411 g/mol. The number of fused-ring (bicyclic) bond motifs is 1. The number of ether oxygens (including phenoxy) is 2. The molecule has 9 nitrogen and oxygen atoms in total. The number of amides is 4. The molecule has 0 spiro atoms. The highest BCUT2D eigenvalue weighted by Crippen LogP contribution is 2.22. The summed E-state index contributed by atoms with van der Waals surface area (Å²) in [5.41, 5.74) is 5.92. The maximum Gasteiger partial charge on any atom is 0.269 e. The van der Waals surface area contributed by atoms with Gasteiger partial charge in [-0.25, -0.2) is 0 Å². The van der Waals surface area contributed by atoms with E-state index < -0.39 is 17.7 Å². The molecule has 1 aliphatic rings. The van der Waals surface area contributed by atoms with Crippen molar-refractivity contribution in [2.24, 2.45) is 0 Å². The molecule has 0 atom stereocenters. The van der Waals surface area contributed by atoms with Crippen LogP contribution in [0.2, 0.25) is 0 Å². The zero-order valence-electron chi connectivity index (χ0n) is 16.6. The number of nitrogens with zero attached hydrogens (tertiary/aromatic N) is 1. The quantitative estimate of drug-likeness (QED) is 0.543. The smallest absolute Gasteiger partial charge is 0.269 e. The van der Waals surface area contributed by atoms with Crippen molar-refractivity contribution in [3.63, 3.8) is 0 Å². The van der Waals surface area contributed by atoms with Gasteiger partial charge in [-0.05, 0) is 23.8 Å². The highest BCUT2D eigenvalue weighted by molar-refractivity contribution is 6.09. The van der Waals surface area contributed by atoms with Gasteiger partial charge >= 0.3 is 0 Å². The first-order valence-corrected chi connectivity index (χ1v) is 9.17. The molecule has 2 aromatic carbocycles. The van der Waals surface area contributed by atoms with Crippen molar-refractivity contribution in [1.82, 2.24) is 15.8 Å². The van der Waals surface area contributed by atoms with Crippen molar-refractivity contribution in [1.29, 1.82) is 0 Å². The van der Waals surface area contributed by atoms with Gasteiger partial charge in [0.25, 0.3) is 11.8 Å². The molecule has 3 rings (SSSR count). The Morgan fingerprint density at radius 3 is 2.33 bits per heavy atom. The monoisotopic (exact) mass is 411 g/mol. The number of rotatable bonds is 6. The van der Waals surface area contributed by atoms with Crippen molar-refractivity contribution >= 4 is 23.6 Å². The molecular formula is C21H21N3O6. The number of imide groups is 1. The van der Waals surface area contributed by atoms with E-state index >= 15 is 0 Å². The van der Waals surface area contributed by atoms with Crippen LogP contribution in [0.1, 0.15) is 32.7 Å². The fourth-order valence-electron chi connectivity index (χ4n) is 3.04. The summed E-state index contributed by atoms with van der Waals surface area (Å²) in [4.78, 5) is 50.2. The Balaban J connectivity index is 1.55. The van der Waals surface area contributed by atoms with Crippen LogP contribution >= 0.6 is 0 Å². The van der Waals surface area contributed by atoms with Crippen molar-refractivity contribution < 1.29 is 28.7 Å². The van der Waals surface area contributed by atoms with Gasteiger partial charge in [0, 0.05) is 30.2 Å². The van der Waals surface area contributed by atoms with Crippen molar-refractivity contribution in [2.45, 2.75) is 12.8 Å². The largest absolute Gasteiger partial charge is 0.497 e. The molecule has 2 aromatic rings. The first-order valence-electron chi connectivity index (χ1n) is 9.17. The molecule has 0 saturated heterocycles. The Labute approximate surface area is 172 Å². The van der Waals surface area contributed by atoms with E-state index in [0.29, 0.717) is 22.6 Å². The Kier molecular flexibility index (Phi) is 6.31. The van der Waals surface area contributed by atoms with Gasteiger partial charge < -0.3 is 9.47 Å². The van der Waals surface area contributed by atoms with Crippen LogP contribution in [-0.4, -0.2) is 49.3 Å². The third-order valence-corrected chi connectivity index (χ3v) is 4.63. The maximum absolute atomic E-state index is 12.5. The van der Waals surface area contributed by atoms with Crippen LogP contribution in [0, 0.1) is 0 Å². The minimum absolute atomic E-state index is 0.0827. The molecule has 1 heterocycles. The first-order chi connectivity index (χ1) is 14.4. The molecule has 0 fully saturated rings. The second-order valence-electron chi connectivity index (χ2n) is 6.54. The molecule has 9 heteroatoms. The zero-order valence-corrected chi connectivity index (χ0v) is 16.6. The van der Waals surface area contributed by atoms with Crippen molar-refractivity contribution in [3.8, 4) is 11.5 Å². The summed E-state index contributed by atoms with van der Waals surface area (Å²) in [6.07, 6.45) is -0.0424. The molecule has 2 N–H and O–H groups in total. The topological polar surface area (TPSA) is 114 Å². The van der Waals surface area contributed by atoms with Gasteiger partial charge in [-0.3, -0.25) is 34.9 Å². The second kappa shape index (κ2) is 9.08. The molecule has 30 heavy (non-hydrogen) atoms. The van der Waals surface area contributed by atoms with Gasteiger partial charge in [0.2, 0.25) is 11.8 Å². The van der Waals surface area contributed by atoms with Crippen molar-refractivity contribution in [3.05, 3.63) is 59.2 Å². The third kappa shape index (κ3) is 4.57. The molecular weight excluding hydrogens is 390 g/mol. The highest BCUT2D eigenvalue weighted by Gasteiger charge is 2.30. The number of carbonyl (C=O) groups excluding carboxylic acids is 4. The average Bonchev–Trinajstić information content (AvgIpc) is 2.76. The molecule has 0 saturated carbocycles. The number of hydrogen-bond acceptors (Lipinski definition) is 6. The molecule has 1 aliphatic heterocycles. The van der Waals surface area contributed by atoms with Crippen LogP contribution in [0.5, 0.6) is 11.5 Å². The summed E-state index contributed by atoms with van der Waals surface area (Å²) in [6, 6.07) is 11.5. The molecule has 0 aliphatic carbocycles. The number of nitrogens with one attached hydrogen (secondary N) is 2. The summed E-state index contributed by atoms with van der Waals surface area (Å²) in [7, 11) is 2.92. The number of methoxy groups -OCH3 is 2. The molecule has 0 aromatic heterocycles. The lowest BCUT2D eigenvalue weighted by atomic mass is 9.98. The van der Waals surface area contributed by atoms with Gasteiger partial charge in [0.05, 0.1) is 20.6 Å². The van der Waals surface area contributed by atoms with Gasteiger partial charge in [0.15, 0.2) is 0 Å². The van der Waals surface area contributed by atoms with Gasteiger partial charge in [0.1, 0.15) is 11.5 Å². The van der Waals surface area contributed by atoms with E-state index in [0.717, 1.165) is 4.90 Å². The predicted molar refractivity (Wildman–Crippen MR) is 106 cm³/mol. The summed E-state index contributed by atoms with van der Waals surface area (Å²) in [5, 5.41) is 0. The van der Waals surface area contributed by atoms with E-state index in [1.807, 2.05) is 0 Å². The SMILES string of the molecule is COc1cc(OC)cc(C(=O)NNC(=O)CCN2C(=O)Cc3ccccc3C2=O)c1. The fourth-order valence-corrected chi connectivity index (χ4v) is 3.04. The molecule has 0 bridgehead atoms. The number of hydrazine groups is 1. The first kappa shape index (κ1) is 20.8. The summed E-state index contributed by atoms with van der Waals surface area (Å²) < 4.78 is 10.2. The molecule has 156 valence electrons. The van der Waals surface area contributed by atoms with Crippen molar-refractivity contribution in [2.75, 3.05) is 20.8 Å². The van der Waals surface area contributed by atoms with E-state index in [-0.39, 0.29) is 30.9 Å². The maximum atomic E-state index is 12.5. The van der Waals surface area contributed by atoms with E-state index in [2.05, 4.69) is 10.9 Å². The number of carbonyl (C=O) groups is 4. The normalized spacial score (nSPS) is 12.8. The zero-order chi connectivity index (χ0) is 21.7. The summed E-state index contributed by atoms with van der Waals surface area (Å²) in [5.74, 6) is -1.06. The van der Waals surface area contributed by atoms with Crippen LogP contribution < -0.4 is 20.3 Å². The van der Waals surface area contributed by atoms with Crippen LogP contribution in [0.15, 0.2) is 42.5 Å². The Hall–Kier alpha value is -3.88. The molecule has 0 unspecified atom stereocenters. The van der Waals surface area contributed by atoms with E-state index in [1.165, 1.54) is 26.4 Å². The second-order valence-corrected chi connectivity index (χ2v) is 6.54. The summed E-state index contributed by atoms with van der Waals surface area (Å²) >= 11 is 0. The predicted octanol–water partition coefficient (Wildman–Crippen LogP) is 1.08. The number of hydrogen-bond donors (Lipinski definition) is 2. The lowest BCUT2D eigenvalue weighted by molar-refractivity contribution is -0.129. The number of benzene rings is 2. The standard InChI is InChI=1S/C21H21N3O6/c1-29-15-9-14(10-16(12-15)30-2)20(27)23-22-18(25)7-8-24-19(26)11-13-5-3-4-6-17(13)21(24)28/h3-6,9-10,12H,7-8,11H2,1-2H3,(H,22,25)(H,23,27). The fraction of sp³-hybridized carbons (Fsp3) is 0.238. The molecule has 4 amide bonds. The van der Waals surface area contributed by atoms with Crippen LogP contribution in [0.4, 0.5) is 0 Å². The lowest BCUT2D eigenvalue weighted by Crippen LogP contribution is -2.46. The highest BCUT2D eigenvalue weighted by atomic mass is 16.5. The summed E-state index contributed by atoms with van der Waals surface area (Å²) in [6.45, 7) is -0.0827. The Morgan fingerprint density at radius 2 is 1.67 bits per heavy atom. The van der Waals surface area contributed by atoms with Gasteiger partial charge in [-0.2, -0.15) is 0 Å². The Bertz CT molecular complexity index is 982. The lowest BCUT2D eigenvalue weighted by Gasteiger charge is -2.26. The van der Waals surface area contributed by atoms with E-state index in [1.54, 1.807) is 30.3 Å². The minimum Gasteiger partial charge on any atom is -0.497 e. The minimum atomic E-state index is -0.570. The third-order valence-electron chi connectivity index (χ3n) is 4.63. The Morgan fingerprint density at radius 1 is 1.00 bits per heavy atom. The van der Waals surface area contributed by atoms with Gasteiger partial charge in [-0.1, -0.05) is 18.2 Å². The van der Waals surface area contributed by atoms with E-state index in [4.69, 9.17) is 9.47 Å². The van der Waals surface area contributed by atoms with Crippen LogP contribution in [-0.2, 0) is 16.0 Å². The van der Waals surface area contributed by atoms with Crippen LogP contribution in [0.3, 0.4) is 0 Å². The van der Waals surface area contributed by atoms with Crippen LogP contribution in [0.25, 0.3) is 0 Å². The van der Waals surface area contributed by atoms with E-state index in [9.17, 15) is 19.2 Å². The van der Waals surface area contributed by atoms with Gasteiger partial charge in [-0.15, -0.1) is 0 Å². The molecule has 0 radical (unpaired) electrons.